The standard InChI is InChI=1S/C22H19F3N2OS/c23-22(24,25)29-19-13-11-18(12-14-19)27-21(28)26-15-20(16-7-3-1-4-8-16)17-9-5-2-6-10-17/h1-14,20H,15H2,(H2,26,27,28). The Hall–Kier alpha value is -2.93. The van der Waals surface area contributed by atoms with Gasteiger partial charge in [-0.25, -0.2) is 4.79 Å². The molecular weight excluding hydrogens is 397 g/mol. The van der Waals surface area contributed by atoms with Crippen molar-refractivity contribution >= 4 is 23.5 Å². The van der Waals surface area contributed by atoms with Gasteiger partial charge in [-0.1, -0.05) is 60.7 Å². The zero-order valence-corrected chi connectivity index (χ0v) is 16.1. The Morgan fingerprint density at radius 1 is 0.828 bits per heavy atom. The predicted molar refractivity (Wildman–Crippen MR) is 110 cm³/mol. The lowest BCUT2D eigenvalue weighted by Gasteiger charge is -2.19. The number of amides is 2. The van der Waals surface area contributed by atoms with Crippen LogP contribution in [0.4, 0.5) is 23.7 Å². The van der Waals surface area contributed by atoms with Crippen molar-refractivity contribution in [3.63, 3.8) is 0 Å². The molecule has 0 aromatic heterocycles. The van der Waals surface area contributed by atoms with E-state index in [0.29, 0.717) is 12.2 Å². The molecule has 2 amide bonds. The summed E-state index contributed by atoms with van der Waals surface area (Å²) in [4.78, 5) is 12.4. The number of thioether (sulfide) groups is 1. The minimum atomic E-state index is -4.34. The van der Waals surface area contributed by atoms with Gasteiger partial charge in [0.05, 0.1) is 0 Å². The number of anilines is 1. The van der Waals surface area contributed by atoms with Crippen LogP contribution in [-0.4, -0.2) is 18.1 Å². The van der Waals surface area contributed by atoms with Gasteiger partial charge < -0.3 is 10.6 Å². The number of hydrogen-bond acceptors (Lipinski definition) is 2. The van der Waals surface area contributed by atoms with Gasteiger partial charge >= 0.3 is 11.5 Å². The molecular formula is C22H19F3N2OS. The van der Waals surface area contributed by atoms with Gasteiger partial charge in [-0.2, -0.15) is 13.2 Å². The maximum absolute atomic E-state index is 12.4. The van der Waals surface area contributed by atoms with E-state index in [1.165, 1.54) is 24.3 Å². The van der Waals surface area contributed by atoms with E-state index < -0.39 is 11.5 Å². The van der Waals surface area contributed by atoms with Crippen LogP contribution in [0.5, 0.6) is 0 Å². The summed E-state index contributed by atoms with van der Waals surface area (Å²) < 4.78 is 37.2. The van der Waals surface area contributed by atoms with E-state index in [2.05, 4.69) is 10.6 Å². The van der Waals surface area contributed by atoms with Gasteiger partial charge in [0.15, 0.2) is 0 Å². The molecule has 0 radical (unpaired) electrons. The van der Waals surface area contributed by atoms with E-state index in [-0.39, 0.29) is 22.6 Å². The third kappa shape index (κ3) is 6.57. The average molecular weight is 416 g/mol. The zero-order chi connectivity index (χ0) is 20.7. The highest BCUT2D eigenvalue weighted by atomic mass is 32.2. The molecule has 3 aromatic rings. The number of carbonyl (C=O) groups is 1. The number of urea groups is 1. The van der Waals surface area contributed by atoms with Crippen LogP contribution >= 0.6 is 11.8 Å². The van der Waals surface area contributed by atoms with Crippen molar-refractivity contribution in [1.29, 1.82) is 0 Å². The van der Waals surface area contributed by atoms with Gasteiger partial charge in [0, 0.05) is 23.0 Å². The van der Waals surface area contributed by atoms with Crippen molar-refractivity contribution in [2.45, 2.75) is 16.3 Å². The van der Waals surface area contributed by atoms with Crippen molar-refractivity contribution in [3.05, 3.63) is 96.1 Å². The van der Waals surface area contributed by atoms with Gasteiger partial charge in [-0.3, -0.25) is 0 Å². The maximum atomic E-state index is 12.4. The number of carbonyl (C=O) groups excluding carboxylic acids is 1. The predicted octanol–water partition coefficient (Wildman–Crippen LogP) is 6.25. The lowest BCUT2D eigenvalue weighted by Crippen LogP contribution is -2.32. The zero-order valence-electron chi connectivity index (χ0n) is 15.3. The molecule has 0 aliphatic heterocycles. The Bertz CT molecular complexity index is 877. The first-order chi connectivity index (χ1) is 13.9. The molecule has 0 unspecified atom stereocenters. The summed E-state index contributed by atoms with van der Waals surface area (Å²) in [6.07, 6.45) is 0. The second-order valence-electron chi connectivity index (χ2n) is 6.28. The Kier molecular flexibility index (Phi) is 6.82. The number of benzene rings is 3. The molecule has 0 fully saturated rings. The Morgan fingerprint density at radius 2 is 1.34 bits per heavy atom. The monoisotopic (exact) mass is 416 g/mol. The third-order valence-corrected chi connectivity index (χ3v) is 4.96. The molecule has 29 heavy (non-hydrogen) atoms. The van der Waals surface area contributed by atoms with E-state index in [1.807, 2.05) is 60.7 Å². The molecule has 2 N–H and O–H groups in total. The molecule has 0 aliphatic rings. The molecule has 0 aliphatic carbocycles. The molecule has 3 aromatic carbocycles. The summed E-state index contributed by atoms with van der Waals surface area (Å²) in [5, 5.41) is 5.50. The van der Waals surface area contributed by atoms with E-state index in [9.17, 15) is 18.0 Å². The minimum Gasteiger partial charge on any atom is -0.337 e. The number of nitrogens with one attached hydrogen (secondary N) is 2. The lowest BCUT2D eigenvalue weighted by molar-refractivity contribution is -0.0328. The van der Waals surface area contributed by atoms with Crippen LogP contribution in [0.15, 0.2) is 89.8 Å². The fourth-order valence-electron chi connectivity index (χ4n) is 2.91. The van der Waals surface area contributed by atoms with Crippen LogP contribution in [0.1, 0.15) is 17.0 Å². The Labute approximate surface area is 171 Å². The van der Waals surface area contributed by atoms with Crippen LogP contribution in [-0.2, 0) is 0 Å². The molecule has 3 rings (SSSR count). The number of hydrogen-bond donors (Lipinski definition) is 2. The first-order valence-electron chi connectivity index (χ1n) is 8.91. The molecule has 0 heterocycles. The van der Waals surface area contributed by atoms with E-state index in [1.54, 1.807) is 0 Å². The van der Waals surface area contributed by atoms with Gasteiger partial charge in [0.2, 0.25) is 0 Å². The van der Waals surface area contributed by atoms with Crippen molar-refractivity contribution in [2.75, 3.05) is 11.9 Å². The summed E-state index contributed by atoms with van der Waals surface area (Å²) in [7, 11) is 0. The molecule has 7 heteroatoms. The highest BCUT2D eigenvalue weighted by Crippen LogP contribution is 2.37. The minimum absolute atomic E-state index is 0.0197. The highest BCUT2D eigenvalue weighted by molar-refractivity contribution is 8.00. The van der Waals surface area contributed by atoms with Gasteiger partial charge in [-0.05, 0) is 47.2 Å². The molecule has 0 spiro atoms. The van der Waals surface area contributed by atoms with Gasteiger partial charge in [0.1, 0.15) is 0 Å². The summed E-state index contributed by atoms with van der Waals surface area (Å²) in [6.45, 7) is 0.377. The summed E-state index contributed by atoms with van der Waals surface area (Å²) in [5.41, 5.74) is -1.76. The molecule has 0 saturated carbocycles. The van der Waals surface area contributed by atoms with Crippen LogP contribution < -0.4 is 10.6 Å². The quantitative estimate of drug-likeness (QED) is 0.466. The largest absolute Gasteiger partial charge is 0.446 e. The second-order valence-corrected chi connectivity index (χ2v) is 7.42. The molecule has 3 nitrogen and oxygen atoms in total. The molecule has 0 atom stereocenters. The summed E-state index contributed by atoms with van der Waals surface area (Å²) in [5.74, 6) is -0.0197. The first-order valence-corrected chi connectivity index (χ1v) is 9.73. The first kappa shape index (κ1) is 20.8. The van der Waals surface area contributed by atoms with Crippen LogP contribution in [0.3, 0.4) is 0 Å². The maximum Gasteiger partial charge on any atom is 0.446 e. The van der Waals surface area contributed by atoms with Crippen molar-refractivity contribution < 1.29 is 18.0 Å². The smallest absolute Gasteiger partial charge is 0.337 e. The second kappa shape index (κ2) is 9.52. The van der Waals surface area contributed by atoms with E-state index in [0.717, 1.165) is 11.1 Å². The van der Waals surface area contributed by atoms with E-state index >= 15 is 0 Å². The summed E-state index contributed by atoms with van der Waals surface area (Å²) in [6, 6.07) is 24.8. The molecule has 0 saturated heterocycles. The SMILES string of the molecule is O=C(NCC(c1ccccc1)c1ccccc1)Nc1ccc(SC(F)(F)F)cc1. The van der Waals surface area contributed by atoms with E-state index in [4.69, 9.17) is 0 Å². The summed E-state index contributed by atoms with van der Waals surface area (Å²) >= 11 is -0.191. The fraction of sp³-hybridized carbons (Fsp3) is 0.136. The van der Waals surface area contributed by atoms with Crippen LogP contribution in [0, 0.1) is 0 Å². The Morgan fingerprint density at radius 3 is 1.83 bits per heavy atom. The number of alkyl halides is 3. The molecule has 150 valence electrons. The van der Waals surface area contributed by atoms with Crippen molar-refractivity contribution in [3.8, 4) is 0 Å². The lowest BCUT2D eigenvalue weighted by atomic mass is 9.91. The average Bonchev–Trinajstić information content (AvgIpc) is 2.70. The fourth-order valence-corrected chi connectivity index (χ4v) is 3.45. The van der Waals surface area contributed by atoms with Gasteiger partial charge in [0.25, 0.3) is 0 Å². The van der Waals surface area contributed by atoms with Crippen molar-refractivity contribution in [1.82, 2.24) is 5.32 Å². The Balaban J connectivity index is 1.62. The topological polar surface area (TPSA) is 41.1 Å². The van der Waals surface area contributed by atoms with Crippen LogP contribution in [0.25, 0.3) is 0 Å². The number of rotatable bonds is 6. The van der Waals surface area contributed by atoms with Crippen LogP contribution in [0.2, 0.25) is 0 Å². The number of halogens is 3. The highest BCUT2D eigenvalue weighted by Gasteiger charge is 2.29. The normalized spacial score (nSPS) is 11.3. The van der Waals surface area contributed by atoms with Crippen molar-refractivity contribution in [2.24, 2.45) is 0 Å². The van der Waals surface area contributed by atoms with Gasteiger partial charge in [-0.15, -0.1) is 0 Å². The molecule has 0 bridgehead atoms. The third-order valence-electron chi connectivity index (χ3n) is 4.22.